The molecular formula is C24H27N3O4. The van der Waals surface area contributed by atoms with Gasteiger partial charge in [0.25, 0.3) is 0 Å². The molecule has 0 fully saturated rings. The Labute approximate surface area is 181 Å². The highest BCUT2D eigenvalue weighted by atomic mass is 16.5. The fraction of sp³-hybridized carbons (Fsp3) is 0.292. The number of H-pyrrole nitrogens is 1. The van der Waals surface area contributed by atoms with Crippen molar-refractivity contribution in [3.8, 4) is 28.4 Å². The van der Waals surface area contributed by atoms with E-state index in [1.165, 1.54) is 7.11 Å². The molecule has 7 nitrogen and oxygen atoms in total. The first kappa shape index (κ1) is 22.1. The first-order chi connectivity index (χ1) is 15.1. The lowest BCUT2D eigenvalue weighted by Gasteiger charge is -2.06. The van der Waals surface area contributed by atoms with E-state index >= 15 is 0 Å². The van der Waals surface area contributed by atoms with Gasteiger partial charge in [0, 0.05) is 24.9 Å². The third-order valence-electron chi connectivity index (χ3n) is 4.96. The van der Waals surface area contributed by atoms with Crippen LogP contribution in [0.15, 0.2) is 54.7 Å². The fourth-order valence-electron chi connectivity index (χ4n) is 3.11. The number of carbonyl (C=O) groups excluding carboxylic acids is 2. The zero-order valence-electron chi connectivity index (χ0n) is 17.8. The molecule has 3 aromatic rings. The van der Waals surface area contributed by atoms with Gasteiger partial charge in [-0.1, -0.05) is 24.3 Å². The number of esters is 1. The van der Waals surface area contributed by atoms with Gasteiger partial charge in [0.2, 0.25) is 5.91 Å². The Morgan fingerprint density at radius 2 is 1.61 bits per heavy atom. The Bertz CT molecular complexity index is 994. The highest BCUT2D eigenvalue weighted by Crippen LogP contribution is 2.24. The summed E-state index contributed by atoms with van der Waals surface area (Å²) in [6.45, 7) is 0.464. The summed E-state index contributed by atoms with van der Waals surface area (Å²) < 4.78 is 9.78. The van der Waals surface area contributed by atoms with Crippen LogP contribution in [0.5, 0.6) is 5.75 Å². The SMILES string of the molecule is COC(=O)CCCCC(=O)NCc1ccc(-c2ncc(-c3ccc(OC)cc3)[nH]2)cc1. The molecule has 7 heteroatoms. The number of rotatable bonds is 10. The Morgan fingerprint density at radius 3 is 2.29 bits per heavy atom. The second kappa shape index (κ2) is 11.0. The number of benzene rings is 2. The largest absolute Gasteiger partial charge is 0.497 e. The van der Waals surface area contributed by atoms with Gasteiger partial charge in [-0.25, -0.2) is 4.98 Å². The highest BCUT2D eigenvalue weighted by Gasteiger charge is 2.07. The van der Waals surface area contributed by atoms with Crippen LogP contribution in [0.3, 0.4) is 0 Å². The standard InChI is InChI=1S/C24H27N3O4/c1-30-20-13-11-18(12-14-20)21-16-26-24(27-21)19-9-7-17(8-10-19)15-25-22(28)5-3-4-6-23(29)31-2/h7-14,16H,3-6,15H2,1-2H3,(H,25,28)(H,26,27). The number of methoxy groups -OCH3 is 2. The van der Waals surface area contributed by atoms with Gasteiger partial charge in [-0.2, -0.15) is 0 Å². The number of hydrogen-bond acceptors (Lipinski definition) is 5. The second-order valence-corrected chi connectivity index (χ2v) is 7.13. The maximum Gasteiger partial charge on any atom is 0.305 e. The molecule has 0 atom stereocenters. The molecule has 1 amide bonds. The van der Waals surface area contributed by atoms with Crippen LogP contribution in [0.4, 0.5) is 0 Å². The molecule has 1 aromatic heterocycles. The molecular weight excluding hydrogens is 394 g/mol. The van der Waals surface area contributed by atoms with Crippen molar-refractivity contribution in [1.29, 1.82) is 0 Å². The van der Waals surface area contributed by atoms with Gasteiger partial charge in [0.1, 0.15) is 11.6 Å². The maximum absolute atomic E-state index is 11.9. The van der Waals surface area contributed by atoms with Crippen LogP contribution in [0.2, 0.25) is 0 Å². The van der Waals surface area contributed by atoms with Crippen molar-refractivity contribution < 1.29 is 19.1 Å². The van der Waals surface area contributed by atoms with E-state index in [1.54, 1.807) is 7.11 Å². The number of nitrogens with one attached hydrogen (secondary N) is 2. The van der Waals surface area contributed by atoms with Gasteiger partial charge in [-0.15, -0.1) is 0 Å². The number of hydrogen-bond donors (Lipinski definition) is 2. The number of aromatic amines is 1. The third kappa shape index (κ3) is 6.44. The molecule has 3 rings (SSSR count). The lowest BCUT2D eigenvalue weighted by molar-refractivity contribution is -0.140. The minimum absolute atomic E-state index is 0.0240. The fourth-order valence-corrected chi connectivity index (χ4v) is 3.11. The average molecular weight is 421 g/mol. The molecule has 1 heterocycles. The molecule has 0 saturated heterocycles. The van der Waals surface area contributed by atoms with Crippen molar-refractivity contribution in [1.82, 2.24) is 15.3 Å². The third-order valence-corrected chi connectivity index (χ3v) is 4.96. The molecule has 0 saturated carbocycles. The number of carbonyl (C=O) groups is 2. The van der Waals surface area contributed by atoms with Crippen LogP contribution < -0.4 is 10.1 Å². The predicted octanol–water partition coefficient (Wildman–Crippen LogP) is 4.10. The smallest absolute Gasteiger partial charge is 0.305 e. The Hall–Kier alpha value is -3.61. The van der Waals surface area contributed by atoms with E-state index in [0.717, 1.165) is 34.0 Å². The van der Waals surface area contributed by atoms with Gasteiger partial charge in [-0.3, -0.25) is 9.59 Å². The number of nitrogens with zero attached hydrogens (tertiary/aromatic N) is 1. The van der Waals surface area contributed by atoms with Crippen LogP contribution in [-0.2, 0) is 20.9 Å². The predicted molar refractivity (Wildman–Crippen MR) is 118 cm³/mol. The van der Waals surface area contributed by atoms with Crippen LogP contribution in [0.25, 0.3) is 22.6 Å². The van der Waals surface area contributed by atoms with Crippen LogP contribution in [0, 0.1) is 0 Å². The molecule has 0 spiro atoms. The molecule has 0 aliphatic carbocycles. The van der Waals surface area contributed by atoms with Gasteiger partial charge in [0.15, 0.2) is 0 Å². The zero-order valence-corrected chi connectivity index (χ0v) is 17.8. The minimum Gasteiger partial charge on any atom is -0.497 e. The lowest BCUT2D eigenvalue weighted by Crippen LogP contribution is -2.22. The number of aromatic nitrogens is 2. The van der Waals surface area contributed by atoms with Crippen LogP contribution in [0.1, 0.15) is 31.2 Å². The summed E-state index contributed by atoms with van der Waals surface area (Å²) in [6.07, 6.45) is 3.87. The summed E-state index contributed by atoms with van der Waals surface area (Å²) in [5.74, 6) is 1.33. The van der Waals surface area contributed by atoms with Crippen molar-refractivity contribution in [3.05, 3.63) is 60.3 Å². The highest BCUT2D eigenvalue weighted by molar-refractivity contribution is 5.76. The molecule has 162 valence electrons. The van der Waals surface area contributed by atoms with Gasteiger partial charge in [0.05, 0.1) is 26.1 Å². The zero-order chi connectivity index (χ0) is 22.1. The van der Waals surface area contributed by atoms with E-state index < -0.39 is 0 Å². The molecule has 2 aromatic carbocycles. The Balaban J connectivity index is 1.49. The molecule has 0 aliphatic heterocycles. The van der Waals surface area contributed by atoms with E-state index in [2.05, 4.69) is 20.0 Å². The van der Waals surface area contributed by atoms with Gasteiger partial charge in [-0.05, 0) is 48.2 Å². The molecule has 2 N–H and O–H groups in total. The lowest BCUT2D eigenvalue weighted by atomic mass is 10.1. The quantitative estimate of drug-likeness (QED) is 0.380. The average Bonchev–Trinajstić information content (AvgIpc) is 3.31. The number of unbranched alkanes of at least 4 members (excludes halogenated alkanes) is 1. The Kier molecular flexibility index (Phi) is 7.81. The number of amides is 1. The van der Waals surface area contributed by atoms with Crippen molar-refractivity contribution in [2.75, 3.05) is 14.2 Å². The van der Waals surface area contributed by atoms with Gasteiger partial charge < -0.3 is 19.8 Å². The summed E-state index contributed by atoms with van der Waals surface area (Å²) in [4.78, 5) is 30.8. The molecule has 31 heavy (non-hydrogen) atoms. The summed E-state index contributed by atoms with van der Waals surface area (Å²) in [7, 11) is 3.01. The normalized spacial score (nSPS) is 10.5. The summed E-state index contributed by atoms with van der Waals surface area (Å²) in [5.41, 5.74) is 3.94. The number of ether oxygens (including phenoxy) is 2. The first-order valence-electron chi connectivity index (χ1n) is 10.2. The van der Waals surface area contributed by atoms with E-state index in [9.17, 15) is 9.59 Å². The Morgan fingerprint density at radius 1 is 0.935 bits per heavy atom. The van der Waals surface area contributed by atoms with Crippen molar-refractivity contribution in [2.45, 2.75) is 32.2 Å². The van der Waals surface area contributed by atoms with Crippen molar-refractivity contribution >= 4 is 11.9 Å². The summed E-state index contributed by atoms with van der Waals surface area (Å²) in [6, 6.07) is 15.7. The second-order valence-electron chi connectivity index (χ2n) is 7.13. The molecule has 0 bridgehead atoms. The first-order valence-corrected chi connectivity index (χ1v) is 10.2. The van der Waals surface area contributed by atoms with Crippen LogP contribution in [-0.4, -0.2) is 36.1 Å². The van der Waals surface area contributed by atoms with Crippen molar-refractivity contribution in [3.63, 3.8) is 0 Å². The minimum atomic E-state index is -0.242. The topological polar surface area (TPSA) is 93.3 Å². The van der Waals surface area contributed by atoms with Gasteiger partial charge >= 0.3 is 5.97 Å². The molecule has 0 aliphatic rings. The van der Waals surface area contributed by atoms with Crippen LogP contribution >= 0.6 is 0 Å². The van der Waals surface area contributed by atoms with E-state index in [1.807, 2.05) is 54.7 Å². The van der Waals surface area contributed by atoms with E-state index in [-0.39, 0.29) is 11.9 Å². The maximum atomic E-state index is 11.9. The molecule has 0 unspecified atom stereocenters. The monoisotopic (exact) mass is 421 g/mol. The summed E-state index contributed by atoms with van der Waals surface area (Å²) >= 11 is 0. The molecule has 0 radical (unpaired) electrons. The van der Waals surface area contributed by atoms with E-state index in [4.69, 9.17) is 4.74 Å². The van der Waals surface area contributed by atoms with E-state index in [0.29, 0.717) is 32.2 Å². The number of imidazole rings is 1. The van der Waals surface area contributed by atoms with Crippen molar-refractivity contribution in [2.24, 2.45) is 0 Å². The summed E-state index contributed by atoms with van der Waals surface area (Å²) in [5, 5.41) is 2.91.